The van der Waals surface area contributed by atoms with Crippen molar-refractivity contribution in [1.29, 1.82) is 0 Å². The van der Waals surface area contributed by atoms with Crippen LogP contribution < -0.4 is 16.8 Å². The Labute approximate surface area is 94.9 Å². The first kappa shape index (κ1) is 11.0. The molecule has 2 atom stereocenters. The van der Waals surface area contributed by atoms with Gasteiger partial charge in [0.15, 0.2) is 0 Å². The van der Waals surface area contributed by atoms with Gasteiger partial charge in [0.25, 0.3) is 0 Å². The Bertz CT molecular complexity index is 369. The van der Waals surface area contributed by atoms with Crippen molar-refractivity contribution in [1.82, 2.24) is 4.98 Å². The molecule has 2 rings (SSSR count). The van der Waals surface area contributed by atoms with Gasteiger partial charge in [-0.25, -0.2) is 4.98 Å². The zero-order valence-electron chi connectivity index (χ0n) is 9.19. The molecule has 6 N–H and O–H groups in total. The molecule has 0 aliphatic heterocycles. The Morgan fingerprint density at radius 2 is 2.19 bits per heavy atom. The number of hydrogen-bond acceptors (Lipinski definition) is 5. The van der Waals surface area contributed by atoms with Gasteiger partial charge in [-0.05, 0) is 25.0 Å². The van der Waals surface area contributed by atoms with E-state index in [-0.39, 0.29) is 6.10 Å². The third-order valence-corrected chi connectivity index (χ3v) is 3.12. The zero-order chi connectivity index (χ0) is 11.5. The van der Waals surface area contributed by atoms with Gasteiger partial charge < -0.3 is 21.9 Å². The lowest BCUT2D eigenvalue weighted by Gasteiger charge is -2.15. The van der Waals surface area contributed by atoms with Gasteiger partial charge >= 0.3 is 0 Å². The molecule has 0 bridgehead atoms. The number of aliphatic hydroxyl groups is 1. The Morgan fingerprint density at radius 3 is 2.81 bits per heavy atom. The Kier molecular flexibility index (Phi) is 3.14. The van der Waals surface area contributed by atoms with Gasteiger partial charge in [-0.2, -0.15) is 0 Å². The molecule has 0 spiro atoms. The highest BCUT2D eigenvalue weighted by molar-refractivity contribution is 5.61. The first-order chi connectivity index (χ1) is 7.66. The summed E-state index contributed by atoms with van der Waals surface area (Å²) < 4.78 is 0. The molecule has 1 aliphatic rings. The highest BCUT2D eigenvalue weighted by Crippen LogP contribution is 2.25. The minimum atomic E-state index is -0.182. The van der Waals surface area contributed by atoms with Crippen molar-refractivity contribution in [3.63, 3.8) is 0 Å². The van der Waals surface area contributed by atoms with Crippen LogP contribution in [0.25, 0.3) is 0 Å². The van der Waals surface area contributed by atoms with Crippen LogP contribution >= 0.6 is 0 Å². The smallest absolute Gasteiger partial charge is 0.149 e. The molecule has 1 heterocycles. The van der Waals surface area contributed by atoms with Crippen molar-refractivity contribution in [2.75, 3.05) is 23.3 Å². The van der Waals surface area contributed by atoms with Crippen LogP contribution in [-0.2, 0) is 0 Å². The van der Waals surface area contributed by atoms with Gasteiger partial charge in [0.2, 0.25) is 0 Å². The molecule has 1 aliphatic carbocycles. The summed E-state index contributed by atoms with van der Waals surface area (Å²) in [5.41, 5.74) is 11.7. The maximum Gasteiger partial charge on any atom is 0.149 e. The average molecular weight is 222 g/mol. The highest BCUT2D eigenvalue weighted by Gasteiger charge is 2.24. The predicted molar refractivity (Wildman–Crippen MR) is 64.9 cm³/mol. The van der Waals surface area contributed by atoms with E-state index < -0.39 is 0 Å². The first-order valence-electron chi connectivity index (χ1n) is 5.61. The number of anilines is 3. The van der Waals surface area contributed by atoms with Crippen molar-refractivity contribution < 1.29 is 5.11 Å². The lowest BCUT2D eigenvalue weighted by Crippen LogP contribution is -2.22. The normalized spacial score (nSPS) is 24.6. The molecular weight excluding hydrogens is 204 g/mol. The monoisotopic (exact) mass is 222 g/mol. The van der Waals surface area contributed by atoms with Crippen LogP contribution in [0.3, 0.4) is 0 Å². The van der Waals surface area contributed by atoms with Gasteiger partial charge in [0.05, 0.1) is 11.8 Å². The fraction of sp³-hybridized carbons (Fsp3) is 0.545. The minimum Gasteiger partial charge on any atom is -0.396 e. The van der Waals surface area contributed by atoms with Crippen molar-refractivity contribution >= 4 is 17.3 Å². The number of nitrogens with two attached hydrogens (primary N) is 2. The van der Waals surface area contributed by atoms with E-state index in [0.29, 0.717) is 23.2 Å². The summed E-state index contributed by atoms with van der Waals surface area (Å²) in [5, 5.41) is 12.8. The molecular formula is C11H18N4O. The fourth-order valence-electron chi connectivity index (χ4n) is 2.08. The predicted octanol–water partition coefficient (Wildman–Crippen LogP) is 0.819. The standard InChI is InChI=1S/C11H18N4O/c12-8-4-5-10(15-11(8)13)14-6-7-2-1-3-9(7)16/h4-5,7,9,16H,1-3,6,12H2,(H3,13,14,15). The molecule has 1 aromatic heterocycles. The second-order valence-electron chi connectivity index (χ2n) is 4.31. The summed E-state index contributed by atoms with van der Waals surface area (Å²) in [6, 6.07) is 3.53. The fourth-order valence-corrected chi connectivity index (χ4v) is 2.08. The summed E-state index contributed by atoms with van der Waals surface area (Å²) in [7, 11) is 0. The molecule has 0 saturated heterocycles. The van der Waals surface area contributed by atoms with Gasteiger partial charge in [0.1, 0.15) is 11.6 Å². The molecule has 1 fully saturated rings. The summed E-state index contributed by atoms with van der Waals surface area (Å²) in [4.78, 5) is 4.12. The number of aliphatic hydroxyl groups excluding tert-OH is 1. The highest BCUT2D eigenvalue weighted by atomic mass is 16.3. The zero-order valence-corrected chi connectivity index (χ0v) is 9.19. The average Bonchev–Trinajstić information content (AvgIpc) is 2.66. The number of nitrogen functional groups attached to an aromatic ring is 2. The summed E-state index contributed by atoms with van der Waals surface area (Å²) in [5.74, 6) is 1.38. The number of aromatic nitrogens is 1. The third kappa shape index (κ3) is 2.36. The number of nitrogens with one attached hydrogen (secondary N) is 1. The number of hydrogen-bond donors (Lipinski definition) is 4. The molecule has 2 unspecified atom stereocenters. The van der Waals surface area contributed by atoms with Gasteiger partial charge in [-0.3, -0.25) is 0 Å². The van der Waals surface area contributed by atoms with Crippen LogP contribution in [0.1, 0.15) is 19.3 Å². The minimum absolute atomic E-state index is 0.182. The van der Waals surface area contributed by atoms with Crippen molar-refractivity contribution in [2.24, 2.45) is 5.92 Å². The molecule has 5 heteroatoms. The Morgan fingerprint density at radius 1 is 1.38 bits per heavy atom. The van der Waals surface area contributed by atoms with E-state index in [1.807, 2.05) is 0 Å². The second kappa shape index (κ2) is 4.57. The van der Waals surface area contributed by atoms with Crippen LogP contribution in [-0.4, -0.2) is 22.7 Å². The SMILES string of the molecule is Nc1ccc(NCC2CCCC2O)nc1N. The number of nitrogens with zero attached hydrogens (tertiary/aromatic N) is 1. The van der Waals surface area contributed by atoms with Crippen LogP contribution in [0, 0.1) is 5.92 Å². The summed E-state index contributed by atoms with van der Waals surface area (Å²) in [6.45, 7) is 0.734. The van der Waals surface area contributed by atoms with Crippen molar-refractivity contribution in [3.05, 3.63) is 12.1 Å². The first-order valence-corrected chi connectivity index (χ1v) is 5.61. The van der Waals surface area contributed by atoms with E-state index in [0.717, 1.165) is 25.8 Å². The summed E-state index contributed by atoms with van der Waals surface area (Å²) in [6.07, 6.45) is 2.89. The maximum atomic E-state index is 9.66. The van der Waals surface area contributed by atoms with E-state index in [1.54, 1.807) is 12.1 Å². The van der Waals surface area contributed by atoms with Crippen LogP contribution in [0.4, 0.5) is 17.3 Å². The Balaban J connectivity index is 1.91. The van der Waals surface area contributed by atoms with E-state index in [4.69, 9.17) is 11.5 Å². The largest absolute Gasteiger partial charge is 0.396 e. The van der Waals surface area contributed by atoms with Crippen LogP contribution in [0.15, 0.2) is 12.1 Å². The molecule has 0 aromatic carbocycles. The number of rotatable bonds is 3. The van der Waals surface area contributed by atoms with Gasteiger partial charge in [-0.15, -0.1) is 0 Å². The molecule has 0 radical (unpaired) electrons. The summed E-state index contributed by atoms with van der Waals surface area (Å²) >= 11 is 0. The second-order valence-corrected chi connectivity index (χ2v) is 4.31. The number of pyridine rings is 1. The lowest BCUT2D eigenvalue weighted by molar-refractivity contribution is 0.138. The third-order valence-electron chi connectivity index (χ3n) is 3.12. The molecule has 88 valence electrons. The molecule has 1 saturated carbocycles. The topological polar surface area (TPSA) is 97.2 Å². The maximum absolute atomic E-state index is 9.66. The van der Waals surface area contributed by atoms with E-state index >= 15 is 0 Å². The van der Waals surface area contributed by atoms with Crippen molar-refractivity contribution in [2.45, 2.75) is 25.4 Å². The van der Waals surface area contributed by atoms with Crippen molar-refractivity contribution in [3.8, 4) is 0 Å². The molecule has 0 amide bonds. The Hall–Kier alpha value is -1.49. The van der Waals surface area contributed by atoms with E-state index in [1.165, 1.54) is 0 Å². The van der Waals surface area contributed by atoms with Gasteiger partial charge in [0, 0.05) is 12.5 Å². The van der Waals surface area contributed by atoms with Gasteiger partial charge in [-0.1, -0.05) is 6.42 Å². The molecule has 5 nitrogen and oxygen atoms in total. The quantitative estimate of drug-likeness (QED) is 0.607. The van der Waals surface area contributed by atoms with Crippen LogP contribution in [0.5, 0.6) is 0 Å². The van der Waals surface area contributed by atoms with Crippen LogP contribution in [0.2, 0.25) is 0 Å². The van der Waals surface area contributed by atoms with E-state index in [9.17, 15) is 5.11 Å². The molecule has 1 aromatic rings. The molecule has 16 heavy (non-hydrogen) atoms. The van der Waals surface area contributed by atoms with E-state index in [2.05, 4.69) is 10.3 Å². The lowest BCUT2D eigenvalue weighted by atomic mass is 10.1.